The third kappa shape index (κ3) is 1.42. The van der Waals surface area contributed by atoms with E-state index in [4.69, 9.17) is 0 Å². The Morgan fingerprint density at radius 3 is 2.94 bits per heavy atom. The van der Waals surface area contributed by atoms with Crippen LogP contribution in [0, 0.1) is 0 Å². The smallest absolute Gasteiger partial charge is 0.423 e. The van der Waals surface area contributed by atoms with Crippen LogP contribution in [0.25, 0.3) is 16.2 Å². The second-order valence-electron chi connectivity index (χ2n) is 3.98. The van der Waals surface area contributed by atoms with Crippen LogP contribution in [0.4, 0.5) is 0 Å². The zero-order valence-corrected chi connectivity index (χ0v) is 9.50. The van der Waals surface area contributed by atoms with E-state index in [2.05, 4.69) is 18.2 Å². The number of fused-ring (bicyclic) bond motifs is 3. The summed E-state index contributed by atoms with van der Waals surface area (Å²) >= 11 is 1.65. The van der Waals surface area contributed by atoms with Gasteiger partial charge in [0, 0.05) is 9.58 Å². The van der Waals surface area contributed by atoms with Crippen molar-refractivity contribution >= 4 is 40.1 Å². The van der Waals surface area contributed by atoms with Crippen molar-refractivity contribution in [2.24, 2.45) is 0 Å². The van der Waals surface area contributed by atoms with E-state index in [1.54, 1.807) is 17.4 Å². The minimum atomic E-state index is -1.38. The molecular formula is C12H11BO2S. The summed E-state index contributed by atoms with van der Waals surface area (Å²) < 4.78 is 1.01. The monoisotopic (exact) mass is 230 g/mol. The van der Waals surface area contributed by atoms with Crippen LogP contribution in [0.1, 0.15) is 16.9 Å². The molecule has 16 heavy (non-hydrogen) atoms. The van der Waals surface area contributed by atoms with Gasteiger partial charge in [0.25, 0.3) is 0 Å². The molecule has 0 aliphatic heterocycles. The van der Waals surface area contributed by atoms with Crippen LogP contribution in [0.2, 0.25) is 0 Å². The Labute approximate surface area is 98.0 Å². The molecule has 0 spiro atoms. The van der Waals surface area contributed by atoms with Crippen LogP contribution in [0.5, 0.6) is 0 Å². The van der Waals surface area contributed by atoms with Gasteiger partial charge < -0.3 is 10.0 Å². The van der Waals surface area contributed by atoms with Crippen LogP contribution < -0.4 is 5.46 Å². The van der Waals surface area contributed by atoms with Crippen molar-refractivity contribution in [2.75, 3.05) is 0 Å². The van der Waals surface area contributed by atoms with Gasteiger partial charge in [-0.3, -0.25) is 0 Å². The topological polar surface area (TPSA) is 40.5 Å². The maximum Gasteiger partial charge on any atom is 0.489 e. The number of rotatable bonds is 1. The molecule has 0 saturated heterocycles. The number of allylic oxidation sites excluding steroid dienone is 1. The fraction of sp³-hybridized carbons (Fsp3) is 0.167. The molecule has 0 fully saturated rings. The van der Waals surface area contributed by atoms with E-state index < -0.39 is 7.12 Å². The molecule has 1 heterocycles. The molecule has 1 aromatic carbocycles. The quantitative estimate of drug-likeness (QED) is 0.729. The number of hydrogen-bond acceptors (Lipinski definition) is 3. The molecule has 80 valence electrons. The van der Waals surface area contributed by atoms with Gasteiger partial charge >= 0.3 is 7.12 Å². The van der Waals surface area contributed by atoms with Crippen molar-refractivity contribution in [3.63, 3.8) is 0 Å². The maximum absolute atomic E-state index is 9.33. The van der Waals surface area contributed by atoms with Gasteiger partial charge in [-0.1, -0.05) is 24.3 Å². The van der Waals surface area contributed by atoms with Gasteiger partial charge in [0.1, 0.15) is 0 Å². The molecule has 4 heteroatoms. The molecular weight excluding hydrogens is 219 g/mol. The third-order valence-corrected chi connectivity index (χ3v) is 4.25. The summed E-state index contributed by atoms with van der Waals surface area (Å²) in [5, 5.41) is 19.8. The normalized spacial score (nSPS) is 14.1. The molecule has 2 nitrogen and oxygen atoms in total. The molecule has 0 amide bonds. The van der Waals surface area contributed by atoms with Gasteiger partial charge in [-0.2, -0.15) is 0 Å². The Kier molecular flexibility index (Phi) is 2.35. The van der Waals surface area contributed by atoms with E-state index >= 15 is 0 Å². The van der Waals surface area contributed by atoms with Gasteiger partial charge in [-0.25, -0.2) is 0 Å². The van der Waals surface area contributed by atoms with Gasteiger partial charge in [0.15, 0.2) is 0 Å². The lowest BCUT2D eigenvalue weighted by Gasteiger charge is -2.04. The Morgan fingerprint density at radius 2 is 2.12 bits per heavy atom. The Balaban J connectivity index is 2.34. The van der Waals surface area contributed by atoms with Crippen molar-refractivity contribution < 1.29 is 10.0 Å². The van der Waals surface area contributed by atoms with E-state index in [1.165, 1.54) is 15.8 Å². The highest BCUT2D eigenvalue weighted by atomic mass is 32.1. The maximum atomic E-state index is 9.33. The predicted molar refractivity (Wildman–Crippen MR) is 69.0 cm³/mol. The minimum Gasteiger partial charge on any atom is -0.423 e. The van der Waals surface area contributed by atoms with Crippen molar-refractivity contribution in [3.8, 4) is 0 Å². The average Bonchev–Trinajstić information content (AvgIpc) is 2.67. The molecule has 0 saturated carbocycles. The Bertz CT molecular complexity index is 572. The average molecular weight is 230 g/mol. The number of aryl methyl sites for hydroxylation is 1. The summed E-state index contributed by atoms with van der Waals surface area (Å²) in [6.45, 7) is 0. The largest absolute Gasteiger partial charge is 0.489 e. The SMILES string of the molecule is OB(O)c1cccc2c3c(sc12)C=CCC3. The summed E-state index contributed by atoms with van der Waals surface area (Å²) in [4.78, 5) is 1.26. The van der Waals surface area contributed by atoms with E-state index in [1.807, 2.05) is 6.07 Å². The van der Waals surface area contributed by atoms with Gasteiger partial charge in [0.2, 0.25) is 0 Å². The molecule has 0 atom stereocenters. The predicted octanol–water partition coefficient (Wildman–Crippen LogP) is 1.54. The lowest BCUT2D eigenvalue weighted by Crippen LogP contribution is -2.29. The van der Waals surface area contributed by atoms with Crippen molar-refractivity contribution in [2.45, 2.75) is 12.8 Å². The van der Waals surface area contributed by atoms with Crippen LogP contribution in [0.3, 0.4) is 0 Å². The molecule has 0 bridgehead atoms. The number of thiophene rings is 1. The molecule has 3 rings (SSSR count). The molecule has 0 unspecified atom stereocenters. The molecule has 1 aliphatic carbocycles. The van der Waals surface area contributed by atoms with Crippen molar-refractivity contribution in [1.82, 2.24) is 0 Å². The molecule has 1 aliphatic rings. The fourth-order valence-electron chi connectivity index (χ4n) is 2.22. The van der Waals surface area contributed by atoms with E-state index in [9.17, 15) is 10.0 Å². The van der Waals surface area contributed by atoms with Gasteiger partial charge in [-0.15, -0.1) is 11.3 Å². The summed E-state index contributed by atoms with van der Waals surface area (Å²) in [5.74, 6) is 0. The molecule has 1 aromatic heterocycles. The lowest BCUT2D eigenvalue weighted by atomic mass is 9.79. The molecule has 2 N–H and O–H groups in total. The summed E-state index contributed by atoms with van der Waals surface area (Å²) in [7, 11) is -1.38. The van der Waals surface area contributed by atoms with Crippen LogP contribution in [-0.4, -0.2) is 17.2 Å². The first-order valence-electron chi connectivity index (χ1n) is 5.34. The highest BCUT2D eigenvalue weighted by molar-refractivity contribution is 7.21. The zero-order valence-electron chi connectivity index (χ0n) is 8.68. The first-order chi connectivity index (χ1) is 7.77. The van der Waals surface area contributed by atoms with E-state index in [0.29, 0.717) is 5.46 Å². The van der Waals surface area contributed by atoms with E-state index in [0.717, 1.165) is 17.5 Å². The molecule has 2 aromatic rings. The number of benzene rings is 1. The summed E-state index contributed by atoms with van der Waals surface area (Å²) in [6, 6.07) is 5.73. The number of hydrogen-bond donors (Lipinski definition) is 2. The van der Waals surface area contributed by atoms with Crippen LogP contribution >= 0.6 is 11.3 Å². The first kappa shape index (κ1) is 10.1. The van der Waals surface area contributed by atoms with Crippen molar-refractivity contribution in [1.29, 1.82) is 0 Å². The highest BCUT2D eigenvalue weighted by Crippen LogP contribution is 2.34. The second-order valence-corrected chi connectivity index (χ2v) is 5.04. The van der Waals surface area contributed by atoms with Crippen LogP contribution in [-0.2, 0) is 6.42 Å². The Morgan fingerprint density at radius 1 is 1.25 bits per heavy atom. The molecule has 0 radical (unpaired) electrons. The lowest BCUT2D eigenvalue weighted by molar-refractivity contribution is 0.426. The van der Waals surface area contributed by atoms with Crippen molar-refractivity contribution in [3.05, 3.63) is 34.7 Å². The third-order valence-electron chi connectivity index (χ3n) is 2.99. The highest BCUT2D eigenvalue weighted by Gasteiger charge is 2.19. The van der Waals surface area contributed by atoms with Gasteiger partial charge in [-0.05, 0) is 35.3 Å². The minimum absolute atomic E-state index is 0.616. The van der Waals surface area contributed by atoms with Crippen LogP contribution in [0.15, 0.2) is 24.3 Å². The van der Waals surface area contributed by atoms with E-state index in [-0.39, 0.29) is 0 Å². The fourth-order valence-corrected chi connectivity index (χ4v) is 3.54. The standard InChI is InChI=1S/C12H11BO2S/c14-13(15)10-6-3-5-9-8-4-1-2-7-11(8)16-12(9)10/h2-3,5-7,14-15H,1,4H2. The second kappa shape index (κ2) is 3.73. The zero-order chi connectivity index (χ0) is 11.1. The van der Waals surface area contributed by atoms with Gasteiger partial charge in [0.05, 0.1) is 0 Å². The summed E-state index contributed by atoms with van der Waals surface area (Å²) in [5.41, 5.74) is 1.97. The first-order valence-corrected chi connectivity index (χ1v) is 6.16. The Hall–Kier alpha value is -1.10. The summed E-state index contributed by atoms with van der Waals surface area (Å²) in [6.07, 6.45) is 6.44.